The molecule has 0 spiro atoms. The first-order chi connectivity index (χ1) is 15.7. The molecular formula is C21H17F3N6O3. The second kappa shape index (κ2) is 7.80. The van der Waals surface area contributed by atoms with Gasteiger partial charge in [-0.3, -0.25) is 14.9 Å². The van der Waals surface area contributed by atoms with E-state index < -0.39 is 12.3 Å². The zero-order chi connectivity index (χ0) is 23.2. The molecule has 2 amide bonds. The number of imide groups is 1. The SMILES string of the molecule is O=C1C/C(=C\c2cnn3c(NC4CC4)cc(Nc4cccc(OC(F)(F)F)c4)nc23)C(=O)N1. The van der Waals surface area contributed by atoms with Crippen molar-refractivity contribution in [1.29, 1.82) is 0 Å². The number of anilines is 3. The fourth-order valence-corrected chi connectivity index (χ4v) is 3.41. The van der Waals surface area contributed by atoms with Crippen LogP contribution in [0.2, 0.25) is 0 Å². The van der Waals surface area contributed by atoms with Crippen LogP contribution in [0.15, 0.2) is 42.1 Å². The van der Waals surface area contributed by atoms with Crippen molar-refractivity contribution in [1.82, 2.24) is 19.9 Å². The number of nitrogens with one attached hydrogen (secondary N) is 3. The molecule has 0 atom stereocenters. The van der Waals surface area contributed by atoms with Crippen LogP contribution in [0.3, 0.4) is 0 Å². The number of nitrogens with zero attached hydrogens (tertiary/aromatic N) is 3. The van der Waals surface area contributed by atoms with Crippen LogP contribution in [-0.4, -0.2) is 38.8 Å². The second-order valence-corrected chi connectivity index (χ2v) is 7.70. The summed E-state index contributed by atoms with van der Waals surface area (Å²) in [6.07, 6.45) is 0.259. The molecule has 1 aliphatic heterocycles. The molecule has 1 aliphatic carbocycles. The van der Waals surface area contributed by atoms with Crippen molar-refractivity contribution < 1.29 is 27.5 Å². The highest BCUT2D eigenvalue weighted by Crippen LogP contribution is 2.30. The molecule has 0 unspecified atom stereocenters. The lowest BCUT2D eigenvalue weighted by Crippen LogP contribution is -2.19. The van der Waals surface area contributed by atoms with Crippen LogP contribution in [0.1, 0.15) is 24.8 Å². The molecule has 3 aromatic rings. The van der Waals surface area contributed by atoms with E-state index in [0.717, 1.165) is 12.8 Å². The lowest BCUT2D eigenvalue weighted by Gasteiger charge is -2.13. The second-order valence-electron chi connectivity index (χ2n) is 7.70. The number of carbonyl (C=O) groups excluding carboxylic acids is 2. The summed E-state index contributed by atoms with van der Waals surface area (Å²) in [6.45, 7) is 0. The molecule has 3 heterocycles. The molecule has 2 aliphatic rings. The quantitative estimate of drug-likeness (QED) is 0.384. The minimum absolute atomic E-state index is 0.0344. The van der Waals surface area contributed by atoms with E-state index in [2.05, 4.69) is 30.8 Å². The summed E-state index contributed by atoms with van der Waals surface area (Å²) in [6, 6.07) is 7.40. The molecule has 1 saturated heterocycles. The summed E-state index contributed by atoms with van der Waals surface area (Å²) in [5, 5.41) is 12.9. The number of hydrogen-bond acceptors (Lipinski definition) is 7. The molecule has 3 N–H and O–H groups in total. The smallest absolute Gasteiger partial charge is 0.406 e. The van der Waals surface area contributed by atoms with Crippen LogP contribution in [0.5, 0.6) is 5.75 Å². The highest BCUT2D eigenvalue weighted by atomic mass is 19.4. The number of fused-ring (bicyclic) bond motifs is 1. The third-order valence-corrected chi connectivity index (χ3v) is 4.99. The number of carbonyl (C=O) groups is 2. The molecule has 170 valence electrons. The van der Waals surface area contributed by atoms with Crippen LogP contribution >= 0.6 is 0 Å². The van der Waals surface area contributed by atoms with Gasteiger partial charge in [0, 0.05) is 35.0 Å². The Labute approximate surface area is 184 Å². The Hall–Kier alpha value is -4.09. The third-order valence-electron chi connectivity index (χ3n) is 4.99. The lowest BCUT2D eigenvalue weighted by molar-refractivity contribution is -0.274. The first-order valence-corrected chi connectivity index (χ1v) is 10.1. The maximum atomic E-state index is 12.6. The number of aromatic nitrogens is 3. The fraction of sp³-hybridized carbons (Fsp3) is 0.238. The predicted octanol–water partition coefficient (Wildman–Crippen LogP) is 3.38. The van der Waals surface area contributed by atoms with Crippen molar-refractivity contribution in [3.8, 4) is 5.75 Å². The van der Waals surface area contributed by atoms with Crippen molar-refractivity contribution in [2.75, 3.05) is 10.6 Å². The van der Waals surface area contributed by atoms with Gasteiger partial charge in [-0.1, -0.05) is 6.07 Å². The van der Waals surface area contributed by atoms with Crippen molar-refractivity contribution in [3.63, 3.8) is 0 Å². The Balaban J connectivity index is 1.51. The highest BCUT2D eigenvalue weighted by Gasteiger charge is 2.31. The average Bonchev–Trinajstić information content (AvgIpc) is 3.36. The average molecular weight is 458 g/mol. The molecular weight excluding hydrogens is 441 g/mol. The molecule has 5 rings (SSSR count). The summed E-state index contributed by atoms with van der Waals surface area (Å²) in [5.74, 6) is -0.232. The maximum Gasteiger partial charge on any atom is 0.573 e. The third kappa shape index (κ3) is 4.73. The summed E-state index contributed by atoms with van der Waals surface area (Å²) < 4.78 is 43.2. The van der Waals surface area contributed by atoms with Gasteiger partial charge in [-0.25, -0.2) is 4.98 Å². The van der Waals surface area contributed by atoms with Gasteiger partial charge in [0.15, 0.2) is 5.65 Å². The number of halogens is 3. The van der Waals surface area contributed by atoms with Gasteiger partial charge in [0.1, 0.15) is 17.4 Å². The summed E-state index contributed by atoms with van der Waals surface area (Å²) in [5.41, 5.74) is 1.56. The van der Waals surface area contributed by atoms with Gasteiger partial charge in [-0.05, 0) is 31.1 Å². The Morgan fingerprint density at radius 2 is 2.03 bits per heavy atom. The topological polar surface area (TPSA) is 110 Å². The van der Waals surface area contributed by atoms with E-state index in [9.17, 15) is 22.8 Å². The van der Waals surface area contributed by atoms with Crippen LogP contribution in [0, 0.1) is 0 Å². The van der Waals surface area contributed by atoms with Gasteiger partial charge in [0.2, 0.25) is 5.91 Å². The van der Waals surface area contributed by atoms with Gasteiger partial charge >= 0.3 is 6.36 Å². The molecule has 1 aromatic carbocycles. The minimum Gasteiger partial charge on any atom is -0.406 e. The molecule has 2 aromatic heterocycles. The van der Waals surface area contributed by atoms with E-state index in [-0.39, 0.29) is 24.1 Å². The van der Waals surface area contributed by atoms with E-state index >= 15 is 0 Å². The number of ether oxygens (including phenoxy) is 1. The Kier molecular flexibility index (Phi) is 4.91. The molecule has 12 heteroatoms. The largest absolute Gasteiger partial charge is 0.573 e. The number of benzene rings is 1. The number of hydrogen-bond donors (Lipinski definition) is 3. The Morgan fingerprint density at radius 3 is 2.73 bits per heavy atom. The van der Waals surface area contributed by atoms with Gasteiger partial charge in [0.25, 0.3) is 5.91 Å². The van der Waals surface area contributed by atoms with Crippen LogP contribution in [0.4, 0.5) is 30.5 Å². The van der Waals surface area contributed by atoms with Crippen molar-refractivity contribution in [2.45, 2.75) is 31.7 Å². The highest BCUT2D eigenvalue weighted by molar-refractivity contribution is 6.15. The van der Waals surface area contributed by atoms with E-state index in [4.69, 9.17) is 0 Å². The Morgan fingerprint density at radius 1 is 1.21 bits per heavy atom. The van der Waals surface area contributed by atoms with E-state index in [1.807, 2.05) is 0 Å². The summed E-state index contributed by atoms with van der Waals surface area (Å²) >= 11 is 0. The van der Waals surface area contributed by atoms with Crippen LogP contribution in [-0.2, 0) is 9.59 Å². The van der Waals surface area contributed by atoms with Crippen molar-refractivity contribution in [3.05, 3.63) is 47.7 Å². The van der Waals surface area contributed by atoms with Crippen molar-refractivity contribution >= 4 is 40.9 Å². The first-order valence-electron chi connectivity index (χ1n) is 10.1. The van der Waals surface area contributed by atoms with E-state index in [0.29, 0.717) is 34.1 Å². The minimum atomic E-state index is -4.80. The van der Waals surface area contributed by atoms with Gasteiger partial charge in [0.05, 0.1) is 12.6 Å². The van der Waals surface area contributed by atoms with Crippen molar-refractivity contribution in [2.24, 2.45) is 0 Å². The first kappa shape index (κ1) is 20.8. The molecule has 9 nitrogen and oxygen atoms in total. The van der Waals surface area contributed by atoms with Crippen LogP contribution in [0.25, 0.3) is 11.7 Å². The number of rotatable bonds is 6. The summed E-state index contributed by atoms with van der Waals surface area (Å²) in [7, 11) is 0. The zero-order valence-electron chi connectivity index (χ0n) is 16.9. The van der Waals surface area contributed by atoms with Gasteiger partial charge < -0.3 is 15.4 Å². The molecule has 33 heavy (non-hydrogen) atoms. The maximum absolute atomic E-state index is 12.6. The standard InChI is InChI=1S/C21H17F3N6O3/c22-21(23,24)33-15-3-1-2-14(8-15)26-16-9-17(27-13-4-5-13)30-19(28-16)12(10-25-30)6-11-7-18(31)29-20(11)32/h1-3,6,8-10,13,27H,4-5,7H2,(H,26,28)(H,29,31,32)/b11-6+. The lowest BCUT2D eigenvalue weighted by atomic mass is 10.1. The zero-order valence-corrected chi connectivity index (χ0v) is 16.9. The summed E-state index contributed by atoms with van der Waals surface area (Å²) in [4.78, 5) is 28.0. The van der Waals surface area contributed by atoms with Gasteiger partial charge in [-0.15, -0.1) is 13.2 Å². The van der Waals surface area contributed by atoms with Gasteiger partial charge in [-0.2, -0.15) is 9.61 Å². The monoisotopic (exact) mass is 458 g/mol. The molecule has 0 radical (unpaired) electrons. The van der Waals surface area contributed by atoms with E-state index in [1.165, 1.54) is 24.4 Å². The number of alkyl halides is 3. The van der Waals surface area contributed by atoms with Crippen LogP contribution < -0.4 is 20.7 Å². The molecule has 2 fully saturated rings. The predicted molar refractivity (Wildman–Crippen MR) is 112 cm³/mol. The number of amides is 2. The Bertz CT molecular complexity index is 1300. The normalized spacial score (nSPS) is 17.5. The van der Waals surface area contributed by atoms with E-state index in [1.54, 1.807) is 22.7 Å². The molecule has 0 bridgehead atoms. The molecule has 1 saturated carbocycles. The fourth-order valence-electron chi connectivity index (χ4n) is 3.41.